The number of ether oxygens (including phenoxy) is 1. The smallest absolute Gasteiger partial charge is 0.244 e. The number of piperidine rings is 1. The lowest BCUT2D eigenvalue weighted by Gasteiger charge is -2.29. The molecule has 0 aliphatic carbocycles. The third-order valence-corrected chi connectivity index (χ3v) is 6.15. The number of rotatable bonds is 3. The highest BCUT2D eigenvalue weighted by Gasteiger charge is 2.30. The number of nitrogens with zero attached hydrogens (tertiary/aromatic N) is 1. The molecule has 0 spiro atoms. The van der Waals surface area contributed by atoms with Crippen LogP contribution in [0.2, 0.25) is 0 Å². The highest BCUT2D eigenvalue weighted by Crippen LogP contribution is 2.30. The average molecular weight is 349 g/mol. The zero-order chi connectivity index (χ0) is 14.0. The first-order chi connectivity index (χ1) is 8.95. The number of nitrogens with two attached hydrogens (primary N) is 1. The predicted molar refractivity (Wildman–Crippen MR) is 76.7 cm³/mol. The number of methoxy groups -OCH3 is 1. The van der Waals surface area contributed by atoms with Gasteiger partial charge in [0.25, 0.3) is 0 Å². The number of hydrogen-bond donors (Lipinski definition) is 1. The fraction of sp³-hybridized carbons (Fsp3) is 0.500. The minimum absolute atomic E-state index is 0.0974. The van der Waals surface area contributed by atoms with Crippen molar-refractivity contribution in [2.75, 3.05) is 20.2 Å². The lowest BCUT2D eigenvalue weighted by Crippen LogP contribution is -2.42. The Hall–Kier alpha value is -0.630. The monoisotopic (exact) mass is 348 g/mol. The van der Waals surface area contributed by atoms with Crippen molar-refractivity contribution in [2.24, 2.45) is 5.73 Å². The summed E-state index contributed by atoms with van der Waals surface area (Å²) >= 11 is 3.29. The normalized spacial score (nSPS) is 18.5. The van der Waals surface area contributed by atoms with Gasteiger partial charge in [-0.25, -0.2) is 8.42 Å². The fourth-order valence-corrected chi connectivity index (χ4v) is 4.47. The van der Waals surface area contributed by atoms with Gasteiger partial charge in [-0.05, 0) is 40.9 Å². The van der Waals surface area contributed by atoms with E-state index in [0.717, 1.165) is 0 Å². The van der Waals surface area contributed by atoms with Crippen molar-refractivity contribution in [3.8, 4) is 5.75 Å². The van der Waals surface area contributed by atoms with Gasteiger partial charge in [0, 0.05) is 29.7 Å². The first kappa shape index (κ1) is 14.8. The Morgan fingerprint density at radius 2 is 2.00 bits per heavy atom. The number of hydrogen-bond acceptors (Lipinski definition) is 4. The maximum absolute atomic E-state index is 12.6. The molecule has 1 aromatic carbocycles. The van der Waals surface area contributed by atoms with E-state index in [4.69, 9.17) is 10.5 Å². The molecule has 0 saturated carbocycles. The molecule has 7 heteroatoms. The van der Waals surface area contributed by atoms with Crippen molar-refractivity contribution in [1.29, 1.82) is 0 Å². The topological polar surface area (TPSA) is 72.6 Å². The SMILES string of the molecule is COc1ccc(Br)c(S(=O)(=O)N2CCC(N)CC2)c1. The molecule has 0 bridgehead atoms. The van der Waals surface area contributed by atoms with Crippen LogP contribution in [0, 0.1) is 0 Å². The van der Waals surface area contributed by atoms with Gasteiger partial charge >= 0.3 is 0 Å². The lowest BCUT2D eigenvalue weighted by molar-refractivity contribution is 0.319. The molecule has 5 nitrogen and oxygen atoms in total. The van der Waals surface area contributed by atoms with E-state index in [2.05, 4.69) is 15.9 Å². The van der Waals surface area contributed by atoms with Crippen LogP contribution in [0.25, 0.3) is 0 Å². The second-order valence-corrected chi connectivity index (χ2v) is 7.30. The Kier molecular flexibility index (Phi) is 4.50. The first-order valence-electron chi connectivity index (χ1n) is 6.04. The lowest BCUT2D eigenvalue weighted by atomic mass is 10.1. The largest absolute Gasteiger partial charge is 0.497 e. The van der Waals surface area contributed by atoms with Crippen LogP contribution < -0.4 is 10.5 Å². The van der Waals surface area contributed by atoms with Crippen molar-refractivity contribution in [3.63, 3.8) is 0 Å². The second-order valence-electron chi connectivity index (χ2n) is 4.54. The molecule has 106 valence electrons. The average Bonchev–Trinajstić information content (AvgIpc) is 2.39. The van der Waals surface area contributed by atoms with Gasteiger partial charge < -0.3 is 10.5 Å². The molecule has 0 aromatic heterocycles. The van der Waals surface area contributed by atoms with Gasteiger partial charge in [-0.2, -0.15) is 4.31 Å². The van der Waals surface area contributed by atoms with E-state index in [9.17, 15) is 8.42 Å². The molecule has 0 radical (unpaired) electrons. The van der Waals surface area contributed by atoms with Crippen LogP contribution in [-0.4, -0.2) is 39.0 Å². The van der Waals surface area contributed by atoms with E-state index < -0.39 is 10.0 Å². The second kappa shape index (κ2) is 5.78. The van der Waals surface area contributed by atoms with Gasteiger partial charge in [-0.15, -0.1) is 0 Å². The molecular weight excluding hydrogens is 332 g/mol. The van der Waals surface area contributed by atoms with E-state index in [1.54, 1.807) is 12.1 Å². The van der Waals surface area contributed by atoms with Crippen LogP contribution in [0.1, 0.15) is 12.8 Å². The Morgan fingerprint density at radius 1 is 1.37 bits per heavy atom. The molecule has 1 fully saturated rings. The standard InChI is InChI=1S/C12H17BrN2O3S/c1-18-10-2-3-11(13)12(8-10)19(16,17)15-6-4-9(14)5-7-15/h2-3,8-9H,4-7,14H2,1H3. The Morgan fingerprint density at radius 3 is 2.58 bits per heavy atom. The Bertz CT molecular complexity index is 554. The number of halogens is 1. The van der Waals surface area contributed by atoms with Gasteiger partial charge in [0.05, 0.1) is 7.11 Å². The molecular formula is C12H17BrN2O3S. The molecule has 1 aliphatic heterocycles. The fourth-order valence-electron chi connectivity index (χ4n) is 2.06. The summed E-state index contributed by atoms with van der Waals surface area (Å²) in [5.41, 5.74) is 5.80. The third kappa shape index (κ3) is 3.10. The van der Waals surface area contributed by atoms with E-state index in [1.165, 1.54) is 17.5 Å². The van der Waals surface area contributed by atoms with Gasteiger partial charge in [0.2, 0.25) is 10.0 Å². The molecule has 0 unspecified atom stereocenters. The Labute approximate surface area is 121 Å². The zero-order valence-electron chi connectivity index (χ0n) is 10.7. The molecule has 19 heavy (non-hydrogen) atoms. The van der Waals surface area contributed by atoms with E-state index >= 15 is 0 Å². The van der Waals surface area contributed by atoms with Crippen LogP contribution in [0.15, 0.2) is 27.6 Å². The summed E-state index contributed by atoms with van der Waals surface area (Å²) in [5.74, 6) is 0.524. The van der Waals surface area contributed by atoms with E-state index in [0.29, 0.717) is 36.2 Å². The van der Waals surface area contributed by atoms with Crippen molar-refractivity contribution in [2.45, 2.75) is 23.8 Å². The first-order valence-corrected chi connectivity index (χ1v) is 8.27. The summed E-state index contributed by atoms with van der Waals surface area (Å²) in [5, 5.41) is 0. The summed E-state index contributed by atoms with van der Waals surface area (Å²) in [4.78, 5) is 0.238. The minimum atomic E-state index is -3.50. The molecule has 1 saturated heterocycles. The molecule has 2 N–H and O–H groups in total. The van der Waals surface area contributed by atoms with Crippen LogP contribution in [0.5, 0.6) is 5.75 Å². The number of benzene rings is 1. The van der Waals surface area contributed by atoms with E-state index in [1.807, 2.05) is 0 Å². The van der Waals surface area contributed by atoms with Crippen molar-refractivity contribution < 1.29 is 13.2 Å². The van der Waals surface area contributed by atoms with Crippen LogP contribution in [0.4, 0.5) is 0 Å². The van der Waals surface area contributed by atoms with Crippen molar-refractivity contribution in [3.05, 3.63) is 22.7 Å². The van der Waals surface area contributed by atoms with E-state index in [-0.39, 0.29) is 10.9 Å². The summed E-state index contributed by atoms with van der Waals surface area (Å²) < 4.78 is 32.3. The maximum Gasteiger partial charge on any atom is 0.244 e. The zero-order valence-corrected chi connectivity index (χ0v) is 13.1. The third-order valence-electron chi connectivity index (χ3n) is 3.25. The van der Waals surface area contributed by atoms with Gasteiger partial charge in [-0.3, -0.25) is 0 Å². The molecule has 0 atom stereocenters. The highest BCUT2D eigenvalue weighted by atomic mass is 79.9. The molecule has 1 aromatic rings. The van der Waals surface area contributed by atoms with Crippen LogP contribution in [0.3, 0.4) is 0 Å². The predicted octanol–water partition coefficient (Wildman–Crippen LogP) is 1.57. The maximum atomic E-state index is 12.6. The molecule has 1 heterocycles. The summed E-state index contributed by atoms with van der Waals surface area (Å²) in [6.07, 6.45) is 1.39. The Balaban J connectivity index is 2.34. The quantitative estimate of drug-likeness (QED) is 0.899. The summed E-state index contributed by atoms with van der Waals surface area (Å²) in [7, 11) is -1.98. The molecule has 0 amide bonds. The number of sulfonamides is 1. The van der Waals surface area contributed by atoms with Gasteiger partial charge in [-0.1, -0.05) is 0 Å². The van der Waals surface area contributed by atoms with Gasteiger partial charge in [0.15, 0.2) is 0 Å². The molecule has 1 aliphatic rings. The summed E-state index contributed by atoms with van der Waals surface area (Å²) in [6, 6.07) is 5.03. The van der Waals surface area contributed by atoms with Crippen LogP contribution >= 0.6 is 15.9 Å². The molecule has 2 rings (SSSR count). The minimum Gasteiger partial charge on any atom is -0.497 e. The van der Waals surface area contributed by atoms with Gasteiger partial charge in [0.1, 0.15) is 10.6 Å². The summed E-state index contributed by atoms with van der Waals surface area (Å²) in [6.45, 7) is 0.931. The highest BCUT2D eigenvalue weighted by molar-refractivity contribution is 9.10. The van der Waals surface area contributed by atoms with Crippen molar-refractivity contribution in [1.82, 2.24) is 4.31 Å². The van der Waals surface area contributed by atoms with Crippen LogP contribution in [-0.2, 0) is 10.0 Å². The van der Waals surface area contributed by atoms with Crippen molar-refractivity contribution >= 4 is 26.0 Å².